The van der Waals surface area contributed by atoms with Crippen molar-refractivity contribution in [2.24, 2.45) is 4.99 Å². The van der Waals surface area contributed by atoms with Gasteiger partial charge in [-0.3, -0.25) is 4.79 Å². The van der Waals surface area contributed by atoms with Gasteiger partial charge in [0.15, 0.2) is 15.0 Å². The maximum absolute atomic E-state index is 12.6. The third kappa shape index (κ3) is 4.48. The molecule has 0 unspecified atom stereocenters. The van der Waals surface area contributed by atoms with Crippen molar-refractivity contribution in [3.8, 4) is 0 Å². The first-order chi connectivity index (χ1) is 13.7. The van der Waals surface area contributed by atoms with Crippen LogP contribution in [0.5, 0.6) is 0 Å². The first-order valence-electron chi connectivity index (χ1n) is 9.00. The second-order valence-electron chi connectivity index (χ2n) is 7.22. The van der Waals surface area contributed by atoms with Gasteiger partial charge in [-0.15, -0.1) is 0 Å². The molecule has 2 saturated heterocycles. The number of aliphatic imine (C=N–C) groups is 1. The Bertz CT molecular complexity index is 1120. The molecule has 4 rings (SSSR count). The summed E-state index contributed by atoms with van der Waals surface area (Å²) in [5.74, 6) is -0.174. The summed E-state index contributed by atoms with van der Waals surface area (Å²) in [4.78, 5) is 18.8. The predicted molar refractivity (Wildman–Crippen MR) is 120 cm³/mol. The number of halogens is 2. The molecule has 0 bridgehead atoms. The lowest BCUT2D eigenvalue weighted by atomic mass is 10.1. The molecule has 1 amide bonds. The summed E-state index contributed by atoms with van der Waals surface area (Å²) in [6, 6.07) is 12.6. The van der Waals surface area contributed by atoms with Gasteiger partial charge in [0.2, 0.25) is 0 Å². The second-order valence-corrected chi connectivity index (χ2v) is 11.4. The number of amides is 1. The molecule has 5 nitrogen and oxygen atoms in total. The smallest absolute Gasteiger partial charge is 0.252 e. The van der Waals surface area contributed by atoms with Gasteiger partial charge < -0.3 is 4.90 Å². The molecule has 2 aliphatic rings. The van der Waals surface area contributed by atoms with E-state index in [-0.39, 0.29) is 35.1 Å². The average Bonchev–Trinajstić information content (AvgIpc) is 3.08. The molecule has 152 valence electrons. The lowest BCUT2D eigenvalue weighted by Gasteiger charge is -2.24. The summed E-state index contributed by atoms with van der Waals surface area (Å²) in [6.07, 6.45) is 0.189. The van der Waals surface area contributed by atoms with Crippen molar-refractivity contribution < 1.29 is 13.2 Å². The molecule has 0 N–H and O–H groups in total. The Morgan fingerprint density at radius 3 is 2.69 bits per heavy atom. The number of fused-ring (bicyclic) bond motifs is 1. The van der Waals surface area contributed by atoms with E-state index >= 15 is 0 Å². The molecular formula is C20H18Cl2N2O3S2. The number of hydrogen-bond acceptors (Lipinski definition) is 4. The van der Waals surface area contributed by atoms with Gasteiger partial charge in [-0.2, -0.15) is 4.99 Å². The van der Waals surface area contributed by atoms with Gasteiger partial charge in [-0.1, -0.05) is 64.8 Å². The van der Waals surface area contributed by atoms with Gasteiger partial charge in [0.25, 0.3) is 5.91 Å². The molecule has 0 aliphatic carbocycles. The minimum atomic E-state index is -3.13. The number of amidine groups is 1. The van der Waals surface area contributed by atoms with E-state index in [2.05, 4.69) is 4.99 Å². The van der Waals surface area contributed by atoms with Gasteiger partial charge in [-0.25, -0.2) is 8.42 Å². The number of aryl methyl sites for hydroxylation is 1. The van der Waals surface area contributed by atoms with Crippen LogP contribution in [0.15, 0.2) is 47.5 Å². The molecule has 2 heterocycles. The van der Waals surface area contributed by atoms with Gasteiger partial charge >= 0.3 is 0 Å². The highest BCUT2D eigenvalue weighted by molar-refractivity contribution is 8.16. The molecule has 2 aliphatic heterocycles. The van der Waals surface area contributed by atoms with Crippen molar-refractivity contribution in [3.63, 3.8) is 0 Å². The van der Waals surface area contributed by atoms with Crippen LogP contribution in [0.2, 0.25) is 10.0 Å². The van der Waals surface area contributed by atoms with E-state index in [1.165, 1.54) is 11.8 Å². The summed E-state index contributed by atoms with van der Waals surface area (Å²) < 4.78 is 24.3. The van der Waals surface area contributed by atoms with Crippen molar-refractivity contribution >= 4 is 61.6 Å². The minimum absolute atomic E-state index is 0.0238. The second kappa shape index (κ2) is 7.95. The van der Waals surface area contributed by atoms with Crippen LogP contribution in [-0.4, -0.2) is 42.3 Å². The topological polar surface area (TPSA) is 66.8 Å². The number of rotatable bonds is 3. The van der Waals surface area contributed by atoms with Crippen LogP contribution in [0.4, 0.5) is 5.69 Å². The van der Waals surface area contributed by atoms with Crippen LogP contribution in [0.3, 0.4) is 0 Å². The number of anilines is 1. The Labute approximate surface area is 184 Å². The molecule has 9 heteroatoms. The molecule has 0 spiro atoms. The zero-order valence-electron chi connectivity index (χ0n) is 15.5. The molecule has 2 atom stereocenters. The molecular weight excluding hydrogens is 451 g/mol. The maximum Gasteiger partial charge on any atom is 0.252 e. The number of carbonyl (C=O) groups excluding carboxylic acids is 1. The Hall–Kier alpha value is -1.54. The van der Waals surface area contributed by atoms with E-state index in [4.69, 9.17) is 23.2 Å². The number of benzene rings is 2. The fourth-order valence-corrected chi connectivity index (χ4v) is 7.87. The van der Waals surface area contributed by atoms with Gasteiger partial charge in [-0.05, 0) is 30.7 Å². The molecule has 0 aromatic heterocycles. The molecule has 2 aromatic carbocycles. The molecule has 2 fully saturated rings. The maximum atomic E-state index is 12.6. The zero-order valence-corrected chi connectivity index (χ0v) is 18.7. The number of thioether (sulfide) groups is 1. The molecule has 29 heavy (non-hydrogen) atoms. The van der Waals surface area contributed by atoms with Crippen molar-refractivity contribution in [2.75, 3.05) is 16.4 Å². The van der Waals surface area contributed by atoms with E-state index in [0.29, 0.717) is 20.9 Å². The normalized spacial score (nSPS) is 24.1. The number of sulfone groups is 1. The van der Waals surface area contributed by atoms with Gasteiger partial charge in [0.05, 0.1) is 34.0 Å². The van der Waals surface area contributed by atoms with E-state index in [1.54, 1.807) is 18.2 Å². The van der Waals surface area contributed by atoms with Crippen LogP contribution in [-0.2, 0) is 21.1 Å². The largest absolute Gasteiger partial charge is 0.316 e. The van der Waals surface area contributed by atoms with E-state index in [1.807, 2.05) is 36.1 Å². The first-order valence-corrected chi connectivity index (χ1v) is 12.5. The van der Waals surface area contributed by atoms with Gasteiger partial charge in [0.1, 0.15) is 0 Å². The number of hydrogen-bond donors (Lipinski definition) is 0. The Morgan fingerprint density at radius 2 is 1.97 bits per heavy atom. The van der Waals surface area contributed by atoms with Crippen LogP contribution in [0, 0.1) is 6.92 Å². The van der Waals surface area contributed by atoms with Crippen molar-refractivity contribution in [1.82, 2.24) is 0 Å². The predicted octanol–water partition coefficient (Wildman–Crippen LogP) is 4.15. The Balaban J connectivity index is 1.66. The molecule has 0 saturated carbocycles. The zero-order chi connectivity index (χ0) is 20.8. The monoisotopic (exact) mass is 468 g/mol. The van der Waals surface area contributed by atoms with Crippen molar-refractivity contribution in [1.29, 1.82) is 0 Å². The number of carbonyl (C=O) groups is 1. The Morgan fingerprint density at radius 1 is 1.17 bits per heavy atom. The highest BCUT2D eigenvalue weighted by Crippen LogP contribution is 2.42. The van der Waals surface area contributed by atoms with Crippen LogP contribution < -0.4 is 4.90 Å². The van der Waals surface area contributed by atoms with Crippen molar-refractivity contribution in [3.05, 3.63) is 63.6 Å². The van der Waals surface area contributed by atoms with Crippen LogP contribution >= 0.6 is 35.0 Å². The summed E-state index contributed by atoms with van der Waals surface area (Å²) in [5, 5.41) is 1.11. The third-order valence-electron chi connectivity index (χ3n) is 4.91. The highest BCUT2D eigenvalue weighted by Gasteiger charge is 2.49. The van der Waals surface area contributed by atoms with Crippen molar-refractivity contribution in [2.45, 2.75) is 24.6 Å². The molecule has 0 radical (unpaired) electrons. The number of nitrogens with zero attached hydrogens (tertiary/aromatic N) is 2. The fraction of sp³-hybridized carbons (Fsp3) is 0.300. The summed E-state index contributed by atoms with van der Waals surface area (Å²) in [5.41, 5.74) is 2.65. The van der Waals surface area contributed by atoms with Gasteiger partial charge in [0, 0.05) is 10.9 Å². The summed E-state index contributed by atoms with van der Waals surface area (Å²) >= 11 is 13.5. The highest BCUT2D eigenvalue weighted by atomic mass is 35.5. The lowest BCUT2D eigenvalue weighted by Crippen LogP contribution is -2.37. The first kappa shape index (κ1) is 20.7. The van der Waals surface area contributed by atoms with E-state index < -0.39 is 9.84 Å². The third-order valence-corrected chi connectivity index (χ3v) is 8.85. The average molecular weight is 469 g/mol. The van der Waals surface area contributed by atoms with E-state index in [0.717, 1.165) is 11.1 Å². The Kier molecular flexibility index (Phi) is 5.68. The standard InChI is InChI=1S/C20H18Cl2N2O3S2/c1-12-3-2-4-13(7-12)8-19(25)23-20-24(14-5-6-15(21)16(22)9-14)17-10-29(26,27)11-18(17)28-20/h2-7,9,17-18H,8,10-11H2,1H3/t17-,18+/m0/s1. The summed E-state index contributed by atoms with van der Waals surface area (Å²) in [6.45, 7) is 1.97. The van der Waals surface area contributed by atoms with Crippen LogP contribution in [0.1, 0.15) is 11.1 Å². The fourth-order valence-electron chi connectivity index (χ4n) is 3.64. The quantitative estimate of drug-likeness (QED) is 0.676. The van der Waals surface area contributed by atoms with Crippen LogP contribution in [0.25, 0.3) is 0 Å². The lowest BCUT2D eigenvalue weighted by molar-refractivity contribution is -0.117. The molecule has 2 aromatic rings. The SMILES string of the molecule is Cc1cccc(CC(=O)N=C2S[C@@H]3CS(=O)(=O)C[C@@H]3N2c2ccc(Cl)c(Cl)c2)c1. The summed E-state index contributed by atoms with van der Waals surface area (Å²) in [7, 11) is -3.13. The van der Waals surface area contributed by atoms with E-state index in [9.17, 15) is 13.2 Å². The minimum Gasteiger partial charge on any atom is -0.316 e.